The third-order valence-electron chi connectivity index (χ3n) is 2.36. The second-order valence-electron chi connectivity index (χ2n) is 3.60. The van der Waals surface area contributed by atoms with E-state index in [4.69, 9.17) is 25.1 Å². The summed E-state index contributed by atoms with van der Waals surface area (Å²) in [5.74, 6) is 0.885. The normalized spacial score (nSPS) is 14.4. The fourth-order valence-electron chi connectivity index (χ4n) is 1.39. The highest BCUT2D eigenvalue weighted by atomic mass is 16.7. The van der Waals surface area contributed by atoms with Crippen LogP contribution in [0.2, 0.25) is 0 Å². The van der Waals surface area contributed by atoms with Crippen molar-refractivity contribution in [3.05, 3.63) is 18.2 Å². The van der Waals surface area contributed by atoms with E-state index in [1.807, 2.05) is 0 Å². The Morgan fingerprint density at radius 3 is 3.00 bits per heavy atom. The largest absolute Gasteiger partial charge is 0.493 e. The topological polar surface area (TPSA) is 91.0 Å². The molecule has 0 fully saturated rings. The maximum Gasteiger partial charge on any atom is 0.320 e. The molecule has 1 aromatic carbocycles. The predicted molar refractivity (Wildman–Crippen MR) is 58.3 cm³/mol. The van der Waals surface area contributed by atoms with Gasteiger partial charge in [0, 0.05) is 12.5 Å². The number of carbonyl (C=O) groups is 1. The van der Waals surface area contributed by atoms with E-state index in [1.165, 1.54) is 0 Å². The third-order valence-corrected chi connectivity index (χ3v) is 2.36. The van der Waals surface area contributed by atoms with E-state index in [0.29, 0.717) is 17.2 Å². The Morgan fingerprint density at radius 2 is 2.24 bits per heavy atom. The standard InChI is InChI=1S/C11H13NO5/c12-8(11(13)14)3-4-15-7-1-2-9-10(5-7)17-6-16-9/h1-2,5,8H,3-4,6,12H2,(H,13,14). The number of rotatable bonds is 5. The molecule has 1 aromatic rings. The predicted octanol–water partition coefficient (Wildman–Crippen LogP) is 0.596. The van der Waals surface area contributed by atoms with E-state index < -0.39 is 12.0 Å². The molecule has 6 heteroatoms. The number of carboxylic acids is 1. The first-order chi connectivity index (χ1) is 8.16. The van der Waals surface area contributed by atoms with Crippen LogP contribution in [0.3, 0.4) is 0 Å². The molecule has 0 spiro atoms. The van der Waals surface area contributed by atoms with Crippen molar-refractivity contribution in [2.75, 3.05) is 13.4 Å². The van der Waals surface area contributed by atoms with Crippen molar-refractivity contribution in [2.24, 2.45) is 5.73 Å². The summed E-state index contributed by atoms with van der Waals surface area (Å²) in [5.41, 5.74) is 5.35. The van der Waals surface area contributed by atoms with Gasteiger partial charge in [0.25, 0.3) is 0 Å². The minimum Gasteiger partial charge on any atom is -0.493 e. The number of benzene rings is 1. The molecule has 92 valence electrons. The van der Waals surface area contributed by atoms with Crippen molar-refractivity contribution >= 4 is 5.97 Å². The average Bonchev–Trinajstić information content (AvgIpc) is 2.75. The van der Waals surface area contributed by atoms with Gasteiger partial charge in [-0.1, -0.05) is 0 Å². The summed E-state index contributed by atoms with van der Waals surface area (Å²) in [5, 5.41) is 8.59. The fourth-order valence-corrected chi connectivity index (χ4v) is 1.39. The maximum absolute atomic E-state index is 10.5. The number of hydrogen-bond acceptors (Lipinski definition) is 5. The van der Waals surface area contributed by atoms with Crippen molar-refractivity contribution in [1.82, 2.24) is 0 Å². The lowest BCUT2D eigenvalue weighted by atomic mass is 10.2. The van der Waals surface area contributed by atoms with Crippen LogP contribution in [0.5, 0.6) is 17.2 Å². The van der Waals surface area contributed by atoms with Crippen LogP contribution in [0, 0.1) is 0 Å². The number of hydrogen-bond donors (Lipinski definition) is 2. The van der Waals surface area contributed by atoms with Gasteiger partial charge in [-0.25, -0.2) is 0 Å². The van der Waals surface area contributed by atoms with Gasteiger partial charge >= 0.3 is 5.97 Å². The Hall–Kier alpha value is -1.95. The van der Waals surface area contributed by atoms with E-state index in [9.17, 15) is 4.79 Å². The molecule has 1 aliphatic heterocycles. The molecule has 0 radical (unpaired) electrons. The van der Waals surface area contributed by atoms with Gasteiger partial charge in [0.2, 0.25) is 6.79 Å². The number of carboxylic acid groups (broad SMARTS) is 1. The van der Waals surface area contributed by atoms with Crippen LogP contribution >= 0.6 is 0 Å². The maximum atomic E-state index is 10.5. The molecule has 3 N–H and O–H groups in total. The second kappa shape index (κ2) is 4.92. The Morgan fingerprint density at radius 1 is 1.47 bits per heavy atom. The lowest BCUT2D eigenvalue weighted by molar-refractivity contribution is -0.138. The SMILES string of the molecule is NC(CCOc1ccc2c(c1)OCO2)C(=O)O. The molecule has 6 nitrogen and oxygen atoms in total. The van der Waals surface area contributed by atoms with Crippen molar-refractivity contribution in [3.63, 3.8) is 0 Å². The Bertz CT molecular complexity index is 420. The van der Waals surface area contributed by atoms with Crippen LogP contribution in [0.1, 0.15) is 6.42 Å². The molecule has 17 heavy (non-hydrogen) atoms. The zero-order valence-electron chi connectivity index (χ0n) is 9.09. The minimum atomic E-state index is -1.03. The van der Waals surface area contributed by atoms with E-state index in [1.54, 1.807) is 18.2 Å². The zero-order valence-corrected chi connectivity index (χ0v) is 9.09. The van der Waals surface area contributed by atoms with Crippen LogP contribution < -0.4 is 19.9 Å². The number of aliphatic carboxylic acids is 1. The lowest BCUT2D eigenvalue weighted by Crippen LogP contribution is -2.31. The molecule has 0 bridgehead atoms. The van der Waals surface area contributed by atoms with Gasteiger partial charge < -0.3 is 25.1 Å². The molecule has 1 aliphatic rings. The smallest absolute Gasteiger partial charge is 0.320 e. The first-order valence-electron chi connectivity index (χ1n) is 5.17. The van der Waals surface area contributed by atoms with Crippen LogP contribution in [-0.4, -0.2) is 30.5 Å². The Kier molecular flexibility index (Phi) is 3.34. The van der Waals surface area contributed by atoms with Crippen molar-refractivity contribution < 1.29 is 24.1 Å². The van der Waals surface area contributed by atoms with Gasteiger partial charge in [0.15, 0.2) is 11.5 Å². The van der Waals surface area contributed by atoms with Crippen molar-refractivity contribution in [1.29, 1.82) is 0 Å². The van der Waals surface area contributed by atoms with Crippen LogP contribution in [-0.2, 0) is 4.79 Å². The lowest BCUT2D eigenvalue weighted by Gasteiger charge is -2.09. The zero-order chi connectivity index (χ0) is 12.3. The molecule has 0 aromatic heterocycles. The summed E-state index contributed by atoms with van der Waals surface area (Å²) in [6.07, 6.45) is 0.254. The van der Waals surface area contributed by atoms with Gasteiger partial charge in [0.1, 0.15) is 11.8 Å². The van der Waals surface area contributed by atoms with E-state index in [-0.39, 0.29) is 19.8 Å². The highest BCUT2D eigenvalue weighted by Crippen LogP contribution is 2.35. The van der Waals surface area contributed by atoms with Crippen molar-refractivity contribution in [3.8, 4) is 17.2 Å². The number of ether oxygens (including phenoxy) is 3. The second-order valence-corrected chi connectivity index (χ2v) is 3.60. The van der Waals surface area contributed by atoms with Gasteiger partial charge in [-0.05, 0) is 12.1 Å². The van der Waals surface area contributed by atoms with Gasteiger partial charge in [-0.2, -0.15) is 0 Å². The summed E-state index contributed by atoms with van der Waals surface area (Å²) in [6.45, 7) is 0.454. The molecule has 1 atom stereocenters. The summed E-state index contributed by atoms with van der Waals surface area (Å²) in [7, 11) is 0. The Balaban J connectivity index is 1.85. The first-order valence-corrected chi connectivity index (χ1v) is 5.17. The first kappa shape index (κ1) is 11.5. The molecule has 0 aliphatic carbocycles. The summed E-state index contributed by atoms with van der Waals surface area (Å²) >= 11 is 0. The average molecular weight is 239 g/mol. The highest BCUT2D eigenvalue weighted by molar-refractivity contribution is 5.72. The summed E-state index contributed by atoms with van der Waals surface area (Å²) < 4.78 is 15.7. The number of nitrogens with two attached hydrogens (primary N) is 1. The summed E-state index contributed by atoms with van der Waals surface area (Å²) in [4.78, 5) is 10.5. The van der Waals surface area contributed by atoms with Crippen molar-refractivity contribution in [2.45, 2.75) is 12.5 Å². The molecule has 2 rings (SSSR count). The summed E-state index contributed by atoms with van der Waals surface area (Å²) in [6, 6.07) is 4.28. The number of fused-ring (bicyclic) bond motifs is 1. The molecular formula is C11H13NO5. The van der Waals surface area contributed by atoms with E-state index in [0.717, 1.165) is 0 Å². The van der Waals surface area contributed by atoms with Gasteiger partial charge in [-0.15, -0.1) is 0 Å². The van der Waals surface area contributed by atoms with Crippen LogP contribution in [0.4, 0.5) is 0 Å². The minimum absolute atomic E-state index is 0.211. The molecule has 1 unspecified atom stereocenters. The Labute approximate surface area is 97.9 Å². The third kappa shape index (κ3) is 2.79. The monoisotopic (exact) mass is 239 g/mol. The van der Waals surface area contributed by atoms with Crippen LogP contribution in [0.15, 0.2) is 18.2 Å². The van der Waals surface area contributed by atoms with E-state index in [2.05, 4.69) is 0 Å². The van der Waals surface area contributed by atoms with Gasteiger partial charge in [0.05, 0.1) is 6.61 Å². The molecule has 0 amide bonds. The quantitative estimate of drug-likeness (QED) is 0.781. The van der Waals surface area contributed by atoms with E-state index >= 15 is 0 Å². The molecule has 0 saturated heterocycles. The highest BCUT2D eigenvalue weighted by Gasteiger charge is 2.14. The molecule has 1 heterocycles. The molecular weight excluding hydrogens is 226 g/mol. The van der Waals surface area contributed by atoms with Crippen LogP contribution in [0.25, 0.3) is 0 Å². The fraction of sp³-hybridized carbons (Fsp3) is 0.364. The van der Waals surface area contributed by atoms with Gasteiger partial charge in [-0.3, -0.25) is 4.79 Å². The molecule has 0 saturated carbocycles.